The van der Waals surface area contributed by atoms with Crippen LogP contribution in [0.15, 0.2) is 30.9 Å². The third-order valence-electron chi connectivity index (χ3n) is 2.59. The van der Waals surface area contributed by atoms with Crippen molar-refractivity contribution in [2.45, 2.75) is 19.4 Å². The van der Waals surface area contributed by atoms with Gasteiger partial charge in [0.2, 0.25) is 0 Å². The smallest absolute Gasteiger partial charge is 0.356 e. The van der Waals surface area contributed by atoms with Gasteiger partial charge in [-0.2, -0.15) is 0 Å². The lowest BCUT2D eigenvalue weighted by molar-refractivity contribution is 0.0689. The summed E-state index contributed by atoms with van der Waals surface area (Å²) in [7, 11) is 0. The molecule has 0 saturated heterocycles. The number of hydrogen-bond donors (Lipinski definition) is 2. The average molecular weight is 261 g/mol. The monoisotopic (exact) mass is 261 g/mol. The first kappa shape index (κ1) is 13.0. The van der Waals surface area contributed by atoms with E-state index in [1.807, 2.05) is 10.8 Å². The van der Waals surface area contributed by atoms with E-state index in [2.05, 4.69) is 20.5 Å². The third-order valence-corrected chi connectivity index (χ3v) is 2.59. The Balaban J connectivity index is 1.66. The molecule has 0 amide bonds. The standard InChI is InChI=1S/C12H15N5O2/c18-12(19)10-3-4-11(16-15-10)14-5-1-2-7-17-8-6-13-9-17/h3-4,6,8-9H,1-2,5,7H2,(H,14,16)(H,18,19). The molecule has 0 aliphatic carbocycles. The predicted molar refractivity (Wildman–Crippen MR) is 68.9 cm³/mol. The Morgan fingerprint density at radius 3 is 2.84 bits per heavy atom. The van der Waals surface area contributed by atoms with Gasteiger partial charge in [0.25, 0.3) is 0 Å². The lowest BCUT2D eigenvalue weighted by Gasteiger charge is -2.05. The van der Waals surface area contributed by atoms with Crippen molar-refractivity contribution in [3.05, 3.63) is 36.5 Å². The van der Waals surface area contributed by atoms with E-state index in [0.717, 1.165) is 25.9 Å². The van der Waals surface area contributed by atoms with Crippen molar-refractivity contribution in [2.75, 3.05) is 11.9 Å². The summed E-state index contributed by atoms with van der Waals surface area (Å²) in [6.07, 6.45) is 7.51. The van der Waals surface area contributed by atoms with E-state index >= 15 is 0 Å². The molecule has 7 nitrogen and oxygen atoms in total. The summed E-state index contributed by atoms with van der Waals surface area (Å²) in [5, 5.41) is 19.2. The van der Waals surface area contributed by atoms with Gasteiger partial charge in [0.15, 0.2) is 5.69 Å². The van der Waals surface area contributed by atoms with Gasteiger partial charge in [-0.05, 0) is 25.0 Å². The number of aromatic carboxylic acids is 1. The van der Waals surface area contributed by atoms with Gasteiger partial charge in [0.05, 0.1) is 6.33 Å². The second-order valence-corrected chi connectivity index (χ2v) is 4.04. The zero-order valence-corrected chi connectivity index (χ0v) is 10.4. The molecule has 100 valence electrons. The van der Waals surface area contributed by atoms with E-state index in [1.54, 1.807) is 18.6 Å². The van der Waals surface area contributed by atoms with Gasteiger partial charge in [0.1, 0.15) is 5.82 Å². The minimum atomic E-state index is -1.07. The second kappa shape index (κ2) is 6.48. The van der Waals surface area contributed by atoms with Crippen molar-refractivity contribution in [1.82, 2.24) is 19.7 Å². The molecule has 0 unspecified atom stereocenters. The van der Waals surface area contributed by atoms with Crippen molar-refractivity contribution in [3.63, 3.8) is 0 Å². The first-order chi connectivity index (χ1) is 9.25. The van der Waals surface area contributed by atoms with Gasteiger partial charge >= 0.3 is 5.97 Å². The Labute approximate surface area is 110 Å². The molecular formula is C12H15N5O2. The molecule has 0 aliphatic heterocycles. The number of unbranched alkanes of at least 4 members (excludes halogenated alkanes) is 1. The fourth-order valence-corrected chi connectivity index (χ4v) is 1.60. The van der Waals surface area contributed by atoms with E-state index < -0.39 is 5.97 Å². The maximum absolute atomic E-state index is 10.6. The molecule has 0 aromatic carbocycles. The van der Waals surface area contributed by atoms with Gasteiger partial charge in [-0.15, -0.1) is 10.2 Å². The highest BCUT2D eigenvalue weighted by Crippen LogP contribution is 2.03. The number of nitrogens with zero attached hydrogens (tertiary/aromatic N) is 4. The summed E-state index contributed by atoms with van der Waals surface area (Å²) < 4.78 is 2.03. The highest BCUT2D eigenvalue weighted by atomic mass is 16.4. The number of carboxylic acid groups (broad SMARTS) is 1. The number of nitrogens with one attached hydrogen (secondary N) is 1. The third kappa shape index (κ3) is 4.06. The fraction of sp³-hybridized carbons (Fsp3) is 0.333. The molecule has 0 atom stereocenters. The SMILES string of the molecule is O=C(O)c1ccc(NCCCCn2ccnc2)nn1. The summed E-state index contributed by atoms with van der Waals surface area (Å²) in [4.78, 5) is 14.6. The van der Waals surface area contributed by atoms with Crippen LogP contribution in [-0.4, -0.2) is 37.4 Å². The number of anilines is 1. The van der Waals surface area contributed by atoms with Crippen LogP contribution in [0, 0.1) is 0 Å². The average Bonchev–Trinajstić information content (AvgIpc) is 2.92. The molecule has 19 heavy (non-hydrogen) atoms. The summed E-state index contributed by atoms with van der Waals surface area (Å²) in [5.41, 5.74) is -0.0503. The first-order valence-electron chi connectivity index (χ1n) is 6.02. The van der Waals surface area contributed by atoms with Crippen molar-refractivity contribution in [1.29, 1.82) is 0 Å². The van der Waals surface area contributed by atoms with E-state index in [1.165, 1.54) is 6.07 Å². The summed E-state index contributed by atoms with van der Waals surface area (Å²) >= 11 is 0. The van der Waals surface area contributed by atoms with Gasteiger partial charge in [-0.3, -0.25) is 0 Å². The largest absolute Gasteiger partial charge is 0.476 e. The van der Waals surface area contributed by atoms with E-state index in [4.69, 9.17) is 5.11 Å². The van der Waals surface area contributed by atoms with Gasteiger partial charge in [0, 0.05) is 25.5 Å². The minimum Gasteiger partial charge on any atom is -0.476 e. The lowest BCUT2D eigenvalue weighted by Crippen LogP contribution is -2.08. The molecule has 2 aromatic heterocycles. The molecular weight excluding hydrogens is 246 g/mol. The van der Waals surface area contributed by atoms with Crippen molar-refractivity contribution in [2.24, 2.45) is 0 Å². The molecule has 7 heteroatoms. The Kier molecular flexibility index (Phi) is 4.44. The highest BCUT2D eigenvalue weighted by Gasteiger charge is 2.04. The number of aromatic nitrogens is 4. The molecule has 2 N–H and O–H groups in total. The van der Waals surface area contributed by atoms with Crippen LogP contribution < -0.4 is 5.32 Å². The minimum absolute atomic E-state index is 0.0503. The zero-order chi connectivity index (χ0) is 13.5. The van der Waals surface area contributed by atoms with Gasteiger partial charge in [-0.25, -0.2) is 9.78 Å². The maximum atomic E-state index is 10.6. The quantitative estimate of drug-likeness (QED) is 0.729. The first-order valence-corrected chi connectivity index (χ1v) is 6.02. The Bertz CT molecular complexity index is 509. The highest BCUT2D eigenvalue weighted by molar-refractivity contribution is 5.85. The zero-order valence-electron chi connectivity index (χ0n) is 10.4. The van der Waals surface area contributed by atoms with Crippen LogP contribution in [-0.2, 0) is 6.54 Å². The van der Waals surface area contributed by atoms with Gasteiger partial charge in [-0.1, -0.05) is 0 Å². The van der Waals surface area contributed by atoms with Crippen LogP contribution in [0.2, 0.25) is 0 Å². The molecule has 2 heterocycles. The van der Waals surface area contributed by atoms with Crippen LogP contribution in [0.5, 0.6) is 0 Å². The van der Waals surface area contributed by atoms with Crippen LogP contribution >= 0.6 is 0 Å². The normalized spacial score (nSPS) is 10.3. The lowest BCUT2D eigenvalue weighted by atomic mass is 10.3. The van der Waals surface area contributed by atoms with Crippen LogP contribution in [0.3, 0.4) is 0 Å². The van der Waals surface area contributed by atoms with E-state index in [-0.39, 0.29) is 5.69 Å². The number of aryl methyl sites for hydroxylation is 1. The molecule has 0 spiro atoms. The van der Waals surface area contributed by atoms with Gasteiger partial charge < -0.3 is 15.0 Å². The predicted octanol–water partition coefficient (Wildman–Crippen LogP) is 1.26. The van der Waals surface area contributed by atoms with Crippen LogP contribution in [0.1, 0.15) is 23.3 Å². The number of hydrogen-bond acceptors (Lipinski definition) is 5. The Hall–Kier alpha value is -2.44. The Morgan fingerprint density at radius 1 is 1.32 bits per heavy atom. The van der Waals surface area contributed by atoms with Crippen molar-refractivity contribution < 1.29 is 9.90 Å². The van der Waals surface area contributed by atoms with E-state index in [9.17, 15) is 4.79 Å². The molecule has 0 aliphatic rings. The van der Waals surface area contributed by atoms with Crippen LogP contribution in [0.4, 0.5) is 5.82 Å². The number of rotatable bonds is 7. The van der Waals surface area contributed by atoms with Crippen molar-refractivity contribution >= 4 is 11.8 Å². The molecule has 2 rings (SSSR count). The molecule has 0 fully saturated rings. The topological polar surface area (TPSA) is 92.9 Å². The van der Waals surface area contributed by atoms with Crippen LogP contribution in [0.25, 0.3) is 0 Å². The van der Waals surface area contributed by atoms with Crippen molar-refractivity contribution in [3.8, 4) is 0 Å². The summed E-state index contributed by atoms with van der Waals surface area (Å²) in [6, 6.07) is 3.05. The maximum Gasteiger partial charge on any atom is 0.356 e. The molecule has 0 saturated carbocycles. The Morgan fingerprint density at radius 2 is 2.21 bits per heavy atom. The summed E-state index contributed by atoms with van der Waals surface area (Å²) in [5.74, 6) is -0.480. The number of carboxylic acids is 1. The summed E-state index contributed by atoms with van der Waals surface area (Å²) in [6.45, 7) is 1.71. The molecule has 0 radical (unpaired) electrons. The number of imidazole rings is 1. The fourth-order valence-electron chi connectivity index (χ4n) is 1.60. The number of carbonyl (C=O) groups is 1. The second-order valence-electron chi connectivity index (χ2n) is 4.04. The molecule has 0 bridgehead atoms. The van der Waals surface area contributed by atoms with E-state index in [0.29, 0.717) is 5.82 Å². The molecule has 2 aromatic rings.